The van der Waals surface area contributed by atoms with Gasteiger partial charge in [-0.2, -0.15) is 0 Å². The molecule has 3 aromatic rings. The summed E-state index contributed by atoms with van der Waals surface area (Å²) in [5, 5.41) is 9.99. The van der Waals surface area contributed by atoms with Gasteiger partial charge >= 0.3 is 0 Å². The number of oxime groups is 1. The normalized spacial score (nSPS) is 11.2. The Morgan fingerprint density at radius 1 is 1.29 bits per heavy atom. The van der Waals surface area contributed by atoms with E-state index in [1.54, 1.807) is 18.2 Å². The fraction of sp³-hybridized carbons (Fsp3) is 0.143. The third-order valence-corrected chi connectivity index (χ3v) is 4.27. The summed E-state index contributed by atoms with van der Waals surface area (Å²) in [5.74, 6) is 0.0000228. The highest BCUT2D eigenvalue weighted by molar-refractivity contribution is 6.31. The third-order valence-electron chi connectivity index (χ3n) is 3.98. The van der Waals surface area contributed by atoms with Crippen LogP contribution in [0.2, 0.25) is 5.02 Å². The van der Waals surface area contributed by atoms with Crippen molar-refractivity contribution in [2.45, 2.75) is 6.92 Å². The first-order valence-electron chi connectivity index (χ1n) is 9.19. The zero-order valence-corrected chi connectivity index (χ0v) is 17.5. The molecule has 0 fully saturated rings. The number of ether oxygens (including phenoxy) is 1. The molecule has 2 aromatic carbocycles. The topological polar surface area (TPSA) is 97.7 Å². The maximum Gasteiger partial charge on any atom is 0.248 e. The Hall–Kier alpha value is -3.72. The summed E-state index contributed by atoms with van der Waals surface area (Å²) in [6.45, 7) is 2.23. The number of aromatic nitrogens is 2. The summed E-state index contributed by atoms with van der Waals surface area (Å²) in [6, 6.07) is 7.65. The Balaban J connectivity index is 1.97. The first-order chi connectivity index (χ1) is 15.0. The molecule has 1 heterocycles. The quantitative estimate of drug-likeness (QED) is 0.298. The van der Waals surface area contributed by atoms with Gasteiger partial charge in [0.25, 0.3) is 0 Å². The smallest absolute Gasteiger partial charge is 0.248 e. The Bertz CT molecular complexity index is 1150. The Morgan fingerprint density at radius 2 is 2.13 bits per heavy atom. The molecular weight excluding hydrogens is 425 g/mol. The Kier molecular flexibility index (Phi) is 7.34. The second-order valence-corrected chi connectivity index (χ2v) is 6.47. The van der Waals surface area contributed by atoms with Crippen LogP contribution in [0, 0.1) is 5.82 Å². The van der Waals surface area contributed by atoms with E-state index in [0.29, 0.717) is 40.5 Å². The summed E-state index contributed by atoms with van der Waals surface area (Å²) in [5.41, 5.74) is 1.57. The summed E-state index contributed by atoms with van der Waals surface area (Å²) >= 11 is 5.86. The molecule has 1 amide bonds. The first kappa shape index (κ1) is 22.0. The van der Waals surface area contributed by atoms with Crippen LogP contribution in [0.5, 0.6) is 5.75 Å². The number of benzene rings is 2. The van der Waals surface area contributed by atoms with E-state index in [0.717, 1.165) is 0 Å². The molecule has 0 saturated heterocycles. The van der Waals surface area contributed by atoms with Crippen molar-refractivity contribution in [1.29, 1.82) is 0 Å². The lowest BCUT2D eigenvalue weighted by molar-refractivity contribution is -0.111. The maximum absolute atomic E-state index is 13.5. The van der Waals surface area contributed by atoms with Crippen molar-refractivity contribution in [2.24, 2.45) is 5.16 Å². The minimum Gasteiger partial charge on any atom is -0.492 e. The maximum atomic E-state index is 13.5. The van der Waals surface area contributed by atoms with E-state index in [1.807, 2.05) is 6.92 Å². The average Bonchev–Trinajstić information content (AvgIpc) is 2.75. The van der Waals surface area contributed by atoms with Crippen molar-refractivity contribution < 1.29 is 18.8 Å². The second-order valence-electron chi connectivity index (χ2n) is 6.06. The fourth-order valence-electron chi connectivity index (χ4n) is 2.67. The van der Waals surface area contributed by atoms with Crippen LogP contribution in [0.1, 0.15) is 6.92 Å². The number of hydrogen-bond acceptors (Lipinski definition) is 7. The number of nitrogens with one attached hydrogen (secondary N) is 2. The molecule has 160 valence electrons. The van der Waals surface area contributed by atoms with Crippen molar-refractivity contribution in [3.05, 3.63) is 59.7 Å². The molecule has 0 aliphatic carbocycles. The van der Waals surface area contributed by atoms with Crippen molar-refractivity contribution in [2.75, 3.05) is 24.4 Å². The number of rotatable bonds is 8. The minimum atomic E-state index is -0.519. The molecule has 0 spiro atoms. The van der Waals surface area contributed by atoms with Gasteiger partial charge < -0.3 is 20.2 Å². The highest BCUT2D eigenvalue weighted by atomic mass is 35.5. The van der Waals surface area contributed by atoms with Crippen LogP contribution < -0.4 is 15.4 Å². The van der Waals surface area contributed by atoms with E-state index in [4.69, 9.17) is 16.3 Å². The molecule has 1 aromatic heterocycles. The molecule has 0 aliphatic rings. The van der Waals surface area contributed by atoms with Crippen LogP contribution in [-0.4, -0.2) is 35.8 Å². The lowest BCUT2D eigenvalue weighted by Gasteiger charge is -2.14. The van der Waals surface area contributed by atoms with Gasteiger partial charge in [0, 0.05) is 23.2 Å². The van der Waals surface area contributed by atoms with Crippen LogP contribution in [0.25, 0.3) is 10.9 Å². The summed E-state index contributed by atoms with van der Waals surface area (Å²) in [6.07, 6.45) is 5.47. The summed E-state index contributed by atoms with van der Waals surface area (Å²) in [4.78, 5) is 25.3. The molecule has 0 saturated carbocycles. The van der Waals surface area contributed by atoms with Crippen molar-refractivity contribution >= 4 is 51.8 Å². The molecule has 0 unspecified atom stereocenters. The third kappa shape index (κ3) is 5.67. The number of anilines is 3. The summed E-state index contributed by atoms with van der Waals surface area (Å²) in [7, 11) is 1.40. The fourth-order valence-corrected chi connectivity index (χ4v) is 2.85. The number of halogens is 2. The van der Waals surface area contributed by atoms with Gasteiger partial charge in [-0.25, -0.2) is 14.4 Å². The zero-order chi connectivity index (χ0) is 22.2. The van der Waals surface area contributed by atoms with Gasteiger partial charge in [0.2, 0.25) is 5.91 Å². The van der Waals surface area contributed by atoms with Gasteiger partial charge in [0.05, 0.1) is 29.0 Å². The summed E-state index contributed by atoms with van der Waals surface area (Å²) < 4.78 is 19.1. The van der Waals surface area contributed by atoms with Crippen molar-refractivity contribution in [1.82, 2.24) is 9.97 Å². The lowest BCUT2D eigenvalue weighted by Crippen LogP contribution is -2.10. The molecule has 0 bridgehead atoms. The molecule has 31 heavy (non-hydrogen) atoms. The molecular formula is C21H19ClFN5O3. The van der Waals surface area contributed by atoms with E-state index < -0.39 is 5.82 Å². The van der Waals surface area contributed by atoms with Gasteiger partial charge in [-0.1, -0.05) is 16.8 Å². The number of carbonyl (C=O) groups excluding carboxylic acids is 1. The van der Waals surface area contributed by atoms with Gasteiger partial charge in [-0.15, -0.1) is 0 Å². The minimum absolute atomic E-state index is 0.0151. The number of allylic oxidation sites excluding steroid dienone is 1. The van der Waals surface area contributed by atoms with Gasteiger partial charge in [0.15, 0.2) is 0 Å². The number of carbonyl (C=O) groups is 1. The number of hydrogen-bond donors (Lipinski definition) is 2. The first-order valence-corrected chi connectivity index (χ1v) is 9.57. The molecule has 0 aliphatic heterocycles. The van der Waals surface area contributed by atoms with E-state index >= 15 is 0 Å². The lowest BCUT2D eigenvalue weighted by atomic mass is 10.1. The highest BCUT2D eigenvalue weighted by Gasteiger charge is 2.13. The predicted octanol–water partition coefficient (Wildman–Crippen LogP) is 4.69. The monoisotopic (exact) mass is 443 g/mol. The highest BCUT2D eigenvalue weighted by Crippen LogP contribution is 2.33. The van der Waals surface area contributed by atoms with E-state index in [1.165, 1.54) is 43.9 Å². The van der Waals surface area contributed by atoms with Gasteiger partial charge in [-0.05, 0) is 37.3 Å². The zero-order valence-electron chi connectivity index (χ0n) is 16.7. The SMILES string of the molecule is CCOc1cc2ncnc(Nc3ccc(F)c(Cl)c3)c2cc1NC(=O)/C=C/C=N\OC. The number of amides is 1. The van der Waals surface area contributed by atoms with Crippen LogP contribution >= 0.6 is 11.6 Å². The average molecular weight is 444 g/mol. The number of fused-ring (bicyclic) bond motifs is 1. The molecule has 3 rings (SSSR count). The number of nitrogens with zero attached hydrogens (tertiary/aromatic N) is 3. The molecule has 2 N–H and O–H groups in total. The van der Waals surface area contributed by atoms with E-state index in [2.05, 4.69) is 30.6 Å². The Labute approximate surface area is 182 Å². The van der Waals surface area contributed by atoms with Crippen LogP contribution in [0.15, 0.2) is 54.0 Å². The van der Waals surface area contributed by atoms with E-state index in [-0.39, 0.29) is 10.9 Å². The van der Waals surface area contributed by atoms with Crippen LogP contribution in [-0.2, 0) is 9.63 Å². The van der Waals surface area contributed by atoms with Crippen LogP contribution in [0.3, 0.4) is 0 Å². The standard InChI is InChI=1S/C21H19ClFN5O3/c1-3-31-19-11-17-14(10-18(19)28-20(29)5-4-8-26-30-2)21(25-12-24-17)27-13-6-7-16(23)15(22)9-13/h4-12H,3H2,1-2H3,(H,28,29)(H,24,25,27)/b5-4+,26-8-. The molecule has 8 nitrogen and oxygen atoms in total. The largest absolute Gasteiger partial charge is 0.492 e. The van der Waals surface area contributed by atoms with Gasteiger partial charge in [-0.3, -0.25) is 4.79 Å². The predicted molar refractivity (Wildman–Crippen MR) is 119 cm³/mol. The van der Waals surface area contributed by atoms with Crippen LogP contribution in [0.4, 0.5) is 21.6 Å². The molecule has 0 radical (unpaired) electrons. The van der Waals surface area contributed by atoms with Crippen molar-refractivity contribution in [3.63, 3.8) is 0 Å². The van der Waals surface area contributed by atoms with Crippen molar-refractivity contribution in [3.8, 4) is 5.75 Å². The van der Waals surface area contributed by atoms with Gasteiger partial charge in [0.1, 0.15) is 30.8 Å². The molecule has 10 heteroatoms. The Morgan fingerprint density at radius 3 is 2.87 bits per heavy atom. The second kappa shape index (κ2) is 10.4. The van der Waals surface area contributed by atoms with E-state index in [9.17, 15) is 9.18 Å². The molecule has 0 atom stereocenters.